The highest BCUT2D eigenvalue weighted by molar-refractivity contribution is 5.84. The van der Waals surface area contributed by atoms with Crippen LogP contribution in [-0.4, -0.2) is 12.3 Å². The number of ketones is 1. The van der Waals surface area contributed by atoms with E-state index in [0.717, 1.165) is 19.3 Å². The fraction of sp³-hybridized carbons (Fsp3) is 0.588. The summed E-state index contributed by atoms with van der Waals surface area (Å²) in [7, 11) is 0. The monoisotopic (exact) mass is 259 g/mol. The van der Waals surface area contributed by atoms with Crippen LogP contribution in [-0.2, 0) is 11.2 Å². The van der Waals surface area contributed by atoms with Crippen molar-refractivity contribution in [3.8, 4) is 0 Å². The van der Waals surface area contributed by atoms with Crippen molar-refractivity contribution < 1.29 is 4.79 Å². The lowest BCUT2D eigenvalue weighted by Crippen LogP contribution is -2.26. The van der Waals surface area contributed by atoms with Gasteiger partial charge >= 0.3 is 0 Å². The van der Waals surface area contributed by atoms with Crippen LogP contribution in [0.4, 0.5) is 0 Å². The van der Waals surface area contributed by atoms with E-state index >= 15 is 0 Å². The molecule has 1 aliphatic rings. The van der Waals surface area contributed by atoms with Gasteiger partial charge in [-0.1, -0.05) is 24.1 Å². The molecule has 104 valence electrons. The Morgan fingerprint density at radius 1 is 1.21 bits per heavy atom. The van der Waals surface area contributed by atoms with Crippen molar-refractivity contribution in [2.75, 3.05) is 6.54 Å². The molecule has 1 saturated carbocycles. The van der Waals surface area contributed by atoms with Gasteiger partial charge in [0.25, 0.3) is 0 Å². The molecule has 1 aromatic carbocycles. The maximum atomic E-state index is 12.5. The van der Waals surface area contributed by atoms with Gasteiger partial charge in [-0.3, -0.25) is 4.79 Å². The number of carbonyl (C=O) groups excluding carboxylic acids is 1. The Kier molecular flexibility index (Phi) is 4.41. The molecule has 1 fully saturated rings. The lowest BCUT2D eigenvalue weighted by atomic mass is 9.86. The molecular weight excluding hydrogens is 234 g/mol. The Labute approximate surface area is 116 Å². The summed E-state index contributed by atoms with van der Waals surface area (Å²) in [5.41, 5.74) is 10.8. The van der Waals surface area contributed by atoms with E-state index in [1.54, 1.807) is 0 Å². The molecule has 0 amide bonds. The predicted molar refractivity (Wildman–Crippen MR) is 79.2 cm³/mol. The van der Waals surface area contributed by atoms with Crippen LogP contribution in [0.15, 0.2) is 12.1 Å². The van der Waals surface area contributed by atoms with Crippen molar-refractivity contribution in [1.82, 2.24) is 0 Å². The number of rotatable bonds is 4. The number of nitrogens with two attached hydrogens (primary N) is 1. The first-order valence-electron chi connectivity index (χ1n) is 7.32. The number of aryl methyl sites for hydroxylation is 3. The predicted octanol–water partition coefficient (Wildman–Crippen LogP) is 3.10. The zero-order chi connectivity index (χ0) is 14.0. The molecule has 0 aromatic heterocycles. The third kappa shape index (κ3) is 3.06. The zero-order valence-corrected chi connectivity index (χ0v) is 12.3. The molecule has 0 heterocycles. The molecule has 0 saturated heterocycles. The Balaban J connectivity index is 2.15. The van der Waals surface area contributed by atoms with E-state index in [1.165, 1.54) is 22.3 Å². The maximum Gasteiger partial charge on any atom is 0.140 e. The topological polar surface area (TPSA) is 43.1 Å². The fourth-order valence-corrected chi connectivity index (χ4v) is 3.54. The molecule has 0 bridgehead atoms. The lowest BCUT2D eigenvalue weighted by molar-refractivity contribution is -0.123. The highest BCUT2D eigenvalue weighted by atomic mass is 16.1. The Morgan fingerprint density at radius 2 is 1.84 bits per heavy atom. The van der Waals surface area contributed by atoms with Gasteiger partial charge in [-0.05, 0) is 62.8 Å². The summed E-state index contributed by atoms with van der Waals surface area (Å²) in [6.07, 6.45) is 3.90. The second kappa shape index (κ2) is 5.87. The van der Waals surface area contributed by atoms with Crippen molar-refractivity contribution in [3.63, 3.8) is 0 Å². The summed E-state index contributed by atoms with van der Waals surface area (Å²) < 4.78 is 0. The zero-order valence-electron chi connectivity index (χ0n) is 12.3. The summed E-state index contributed by atoms with van der Waals surface area (Å²) in [5, 5.41) is 0. The van der Waals surface area contributed by atoms with Crippen LogP contribution in [0.25, 0.3) is 0 Å². The fourth-order valence-electron chi connectivity index (χ4n) is 3.54. The van der Waals surface area contributed by atoms with Crippen molar-refractivity contribution in [1.29, 1.82) is 0 Å². The number of benzene rings is 1. The first-order valence-corrected chi connectivity index (χ1v) is 7.32. The molecule has 0 spiro atoms. The summed E-state index contributed by atoms with van der Waals surface area (Å²) in [5.74, 6) is 1.01. The van der Waals surface area contributed by atoms with Crippen molar-refractivity contribution in [2.45, 2.75) is 46.5 Å². The van der Waals surface area contributed by atoms with Gasteiger partial charge in [-0.2, -0.15) is 0 Å². The normalized spacial score (nSPS) is 22.7. The molecule has 2 nitrogen and oxygen atoms in total. The third-order valence-electron chi connectivity index (χ3n) is 4.57. The SMILES string of the molecule is Cc1cc(C)c(CC(=O)C2CCCC2CN)c(C)c1. The van der Waals surface area contributed by atoms with Crippen molar-refractivity contribution >= 4 is 5.78 Å². The van der Waals surface area contributed by atoms with Gasteiger partial charge in [0.05, 0.1) is 0 Å². The van der Waals surface area contributed by atoms with Gasteiger partial charge in [-0.25, -0.2) is 0 Å². The van der Waals surface area contributed by atoms with Gasteiger partial charge in [0.15, 0.2) is 0 Å². The number of carbonyl (C=O) groups is 1. The van der Waals surface area contributed by atoms with E-state index in [1.807, 2.05) is 0 Å². The highest BCUT2D eigenvalue weighted by Crippen LogP contribution is 2.33. The molecule has 1 aliphatic carbocycles. The minimum absolute atomic E-state index is 0.199. The van der Waals surface area contributed by atoms with E-state index in [4.69, 9.17) is 5.73 Å². The van der Waals surface area contributed by atoms with Gasteiger partial charge < -0.3 is 5.73 Å². The molecule has 0 radical (unpaired) electrons. The second-order valence-corrected chi connectivity index (χ2v) is 6.05. The van der Waals surface area contributed by atoms with Crippen LogP contribution in [0, 0.1) is 32.6 Å². The maximum absolute atomic E-state index is 12.5. The van der Waals surface area contributed by atoms with Crippen LogP contribution in [0.5, 0.6) is 0 Å². The summed E-state index contributed by atoms with van der Waals surface area (Å²) in [4.78, 5) is 12.5. The Bertz CT molecular complexity index is 455. The standard InChI is InChI=1S/C17H25NO/c1-11-7-12(2)16(13(3)8-11)9-17(19)15-6-4-5-14(15)10-18/h7-8,14-15H,4-6,9-10,18H2,1-3H3. The molecule has 2 rings (SSSR count). The average molecular weight is 259 g/mol. The molecule has 2 unspecified atom stereocenters. The van der Waals surface area contributed by atoms with Gasteiger partial charge in [0, 0.05) is 12.3 Å². The highest BCUT2D eigenvalue weighted by Gasteiger charge is 2.31. The van der Waals surface area contributed by atoms with E-state index in [9.17, 15) is 4.79 Å². The number of hydrogen-bond donors (Lipinski definition) is 1. The Hall–Kier alpha value is -1.15. The van der Waals surface area contributed by atoms with Gasteiger partial charge in [-0.15, -0.1) is 0 Å². The number of Topliss-reactive ketones (excluding diaryl/α,β-unsaturated/α-hetero) is 1. The average Bonchev–Trinajstić information content (AvgIpc) is 2.81. The molecule has 0 aliphatic heterocycles. The van der Waals surface area contributed by atoms with E-state index in [-0.39, 0.29) is 5.92 Å². The summed E-state index contributed by atoms with van der Waals surface area (Å²) in [6.45, 7) is 6.98. The van der Waals surface area contributed by atoms with E-state index in [2.05, 4.69) is 32.9 Å². The van der Waals surface area contributed by atoms with E-state index in [0.29, 0.717) is 24.7 Å². The van der Waals surface area contributed by atoms with Crippen LogP contribution < -0.4 is 5.73 Å². The first kappa shape index (κ1) is 14.3. The van der Waals surface area contributed by atoms with Crippen molar-refractivity contribution in [2.24, 2.45) is 17.6 Å². The quantitative estimate of drug-likeness (QED) is 0.903. The minimum Gasteiger partial charge on any atom is -0.330 e. The smallest absolute Gasteiger partial charge is 0.140 e. The van der Waals surface area contributed by atoms with Gasteiger partial charge in [0.2, 0.25) is 0 Å². The molecule has 19 heavy (non-hydrogen) atoms. The molecule has 2 N–H and O–H groups in total. The van der Waals surface area contributed by atoms with E-state index < -0.39 is 0 Å². The largest absolute Gasteiger partial charge is 0.330 e. The molecule has 1 aromatic rings. The molecule has 2 heteroatoms. The molecular formula is C17H25NO. The third-order valence-corrected chi connectivity index (χ3v) is 4.57. The minimum atomic E-state index is 0.199. The van der Waals surface area contributed by atoms with Crippen LogP contribution >= 0.6 is 0 Å². The summed E-state index contributed by atoms with van der Waals surface area (Å²) >= 11 is 0. The second-order valence-electron chi connectivity index (χ2n) is 6.05. The van der Waals surface area contributed by atoms with Crippen LogP contribution in [0.1, 0.15) is 41.5 Å². The molecule has 2 atom stereocenters. The number of hydrogen-bond acceptors (Lipinski definition) is 2. The Morgan fingerprint density at radius 3 is 2.42 bits per heavy atom. The lowest BCUT2D eigenvalue weighted by Gasteiger charge is -2.18. The van der Waals surface area contributed by atoms with Gasteiger partial charge in [0.1, 0.15) is 5.78 Å². The van der Waals surface area contributed by atoms with Crippen LogP contribution in [0.2, 0.25) is 0 Å². The van der Waals surface area contributed by atoms with Crippen molar-refractivity contribution in [3.05, 3.63) is 34.4 Å². The first-order chi connectivity index (χ1) is 9.02. The summed E-state index contributed by atoms with van der Waals surface area (Å²) in [6, 6.07) is 4.34. The van der Waals surface area contributed by atoms with Crippen LogP contribution in [0.3, 0.4) is 0 Å².